The highest BCUT2D eigenvalue weighted by Gasteiger charge is 2.15. The Morgan fingerprint density at radius 1 is 1.39 bits per heavy atom. The van der Waals surface area contributed by atoms with Gasteiger partial charge in [0.05, 0.1) is 16.8 Å². The average molecular weight is 271 g/mol. The Bertz CT molecular complexity index is 444. The van der Waals surface area contributed by atoms with Crippen molar-refractivity contribution in [2.24, 2.45) is 10.8 Å². The highest BCUT2D eigenvalue weighted by atomic mass is 35.5. The molecule has 1 aliphatic carbocycles. The van der Waals surface area contributed by atoms with E-state index in [1.807, 2.05) is 0 Å². The molecule has 0 aromatic heterocycles. The minimum absolute atomic E-state index is 0.274. The molecule has 1 aromatic rings. The smallest absolute Gasteiger partial charge is 0.210 e. The Morgan fingerprint density at radius 2 is 2.11 bits per heavy atom. The maximum Gasteiger partial charge on any atom is 0.210 e. The van der Waals surface area contributed by atoms with Crippen LogP contribution in [0.5, 0.6) is 0 Å². The summed E-state index contributed by atoms with van der Waals surface area (Å²) in [5, 5.41) is 3.33. The Morgan fingerprint density at radius 3 is 2.78 bits per heavy atom. The molecule has 0 aliphatic heterocycles. The van der Waals surface area contributed by atoms with Gasteiger partial charge in [-0.15, -0.1) is 0 Å². The van der Waals surface area contributed by atoms with Crippen molar-refractivity contribution in [2.45, 2.75) is 31.7 Å². The van der Waals surface area contributed by atoms with Crippen molar-refractivity contribution >= 4 is 23.2 Å². The number of halogens is 2. The molecular weight excluding hydrogens is 255 g/mol. The first-order valence-corrected chi connectivity index (χ1v) is 6.33. The molecule has 6 heteroatoms. The van der Waals surface area contributed by atoms with E-state index in [0.29, 0.717) is 16.7 Å². The predicted molar refractivity (Wildman–Crippen MR) is 72.0 cm³/mol. The molecule has 0 heterocycles. The van der Waals surface area contributed by atoms with Crippen LogP contribution >= 0.6 is 11.6 Å². The fraction of sp³-hybridized carbons (Fsp3) is 0.417. The molecule has 0 amide bonds. The van der Waals surface area contributed by atoms with E-state index in [9.17, 15) is 4.39 Å². The van der Waals surface area contributed by atoms with Gasteiger partial charge in [0, 0.05) is 0 Å². The lowest BCUT2D eigenvalue weighted by atomic mass is 10.3. The second-order valence-electron chi connectivity index (χ2n) is 4.31. The Balaban J connectivity index is 2.11. The molecule has 0 bridgehead atoms. The maximum atomic E-state index is 13.1. The molecular formula is C12H16ClFN4. The fourth-order valence-corrected chi connectivity index (χ4v) is 2.21. The van der Waals surface area contributed by atoms with E-state index in [1.165, 1.54) is 31.0 Å². The molecule has 0 unspecified atom stereocenters. The molecule has 1 saturated carbocycles. The number of nitrogens with two attached hydrogens (primary N) is 1. The summed E-state index contributed by atoms with van der Waals surface area (Å²) in [5.41, 5.74) is 2.93. The number of nitrogens with zero attached hydrogens (tertiary/aromatic N) is 1. The summed E-state index contributed by atoms with van der Waals surface area (Å²) in [4.78, 5) is 4.45. The van der Waals surface area contributed by atoms with Crippen LogP contribution in [0.3, 0.4) is 0 Å². The predicted octanol–water partition coefficient (Wildman–Crippen LogP) is 2.65. The molecule has 18 heavy (non-hydrogen) atoms. The van der Waals surface area contributed by atoms with Crippen molar-refractivity contribution in [3.63, 3.8) is 0 Å². The van der Waals surface area contributed by atoms with Gasteiger partial charge in [-0.25, -0.2) is 15.2 Å². The summed E-state index contributed by atoms with van der Waals surface area (Å²) in [6.07, 6.45) is 4.49. The third kappa shape index (κ3) is 3.34. The second-order valence-corrected chi connectivity index (χ2v) is 4.72. The molecule has 1 aromatic carbocycles. The molecule has 1 aliphatic rings. The normalized spacial score (nSPS) is 16.9. The number of nitrogens with one attached hydrogen (secondary N) is 2. The van der Waals surface area contributed by atoms with Gasteiger partial charge in [0.15, 0.2) is 0 Å². The van der Waals surface area contributed by atoms with Gasteiger partial charge in [-0.05, 0) is 31.0 Å². The third-order valence-electron chi connectivity index (χ3n) is 2.95. The maximum absolute atomic E-state index is 13.1. The molecule has 4 N–H and O–H groups in total. The number of benzene rings is 1. The summed E-state index contributed by atoms with van der Waals surface area (Å²) in [5.74, 6) is 5.46. The lowest BCUT2D eigenvalue weighted by Crippen LogP contribution is -2.37. The zero-order chi connectivity index (χ0) is 13.0. The minimum Gasteiger partial charge on any atom is -0.324 e. The van der Waals surface area contributed by atoms with Crippen LogP contribution in [0.15, 0.2) is 23.2 Å². The number of hydrogen-bond donors (Lipinski definition) is 3. The first-order valence-electron chi connectivity index (χ1n) is 5.95. The van der Waals surface area contributed by atoms with E-state index in [2.05, 4.69) is 15.7 Å². The monoisotopic (exact) mass is 270 g/mol. The number of guanidine groups is 1. The highest BCUT2D eigenvalue weighted by Crippen LogP contribution is 2.23. The zero-order valence-electron chi connectivity index (χ0n) is 9.92. The van der Waals surface area contributed by atoms with Crippen LogP contribution in [0.2, 0.25) is 5.02 Å². The van der Waals surface area contributed by atoms with Crippen LogP contribution in [0.4, 0.5) is 10.1 Å². The van der Waals surface area contributed by atoms with Gasteiger partial charge < -0.3 is 5.32 Å². The Hall–Kier alpha value is -1.33. The number of aliphatic imine (C=N–C) groups is 1. The number of rotatable bonds is 2. The highest BCUT2D eigenvalue weighted by molar-refractivity contribution is 6.33. The molecule has 0 radical (unpaired) electrons. The summed E-state index contributed by atoms with van der Waals surface area (Å²) >= 11 is 5.96. The Labute approximate surface area is 110 Å². The fourth-order valence-electron chi connectivity index (χ4n) is 2.04. The van der Waals surface area contributed by atoms with Gasteiger partial charge in [0.1, 0.15) is 5.82 Å². The van der Waals surface area contributed by atoms with E-state index in [4.69, 9.17) is 17.4 Å². The van der Waals surface area contributed by atoms with Crippen molar-refractivity contribution in [1.82, 2.24) is 5.43 Å². The van der Waals surface area contributed by atoms with Crippen molar-refractivity contribution in [2.75, 3.05) is 5.32 Å². The van der Waals surface area contributed by atoms with Gasteiger partial charge in [0.25, 0.3) is 0 Å². The van der Waals surface area contributed by atoms with Crippen LogP contribution in [0.25, 0.3) is 0 Å². The first-order chi connectivity index (χ1) is 8.69. The van der Waals surface area contributed by atoms with Gasteiger partial charge in [-0.1, -0.05) is 24.4 Å². The molecule has 4 nitrogen and oxygen atoms in total. The molecule has 0 saturated heterocycles. The lowest BCUT2D eigenvalue weighted by molar-refractivity contribution is 0.628. The molecule has 0 spiro atoms. The number of anilines is 1. The standard InChI is InChI=1S/C12H16ClFN4/c13-10-6-5-8(14)7-11(10)17-12(18-15)16-9-3-1-2-4-9/h5-7,9H,1-4,15H2,(H2,16,17,18). The summed E-state index contributed by atoms with van der Waals surface area (Å²) in [7, 11) is 0. The van der Waals surface area contributed by atoms with E-state index in [1.54, 1.807) is 0 Å². The van der Waals surface area contributed by atoms with Gasteiger partial charge >= 0.3 is 0 Å². The van der Waals surface area contributed by atoms with Crippen LogP contribution in [0.1, 0.15) is 25.7 Å². The van der Waals surface area contributed by atoms with Gasteiger partial charge in [-0.2, -0.15) is 0 Å². The molecule has 1 fully saturated rings. The average Bonchev–Trinajstić information content (AvgIpc) is 2.85. The van der Waals surface area contributed by atoms with Gasteiger partial charge in [-0.3, -0.25) is 5.43 Å². The van der Waals surface area contributed by atoms with Crippen LogP contribution in [0, 0.1) is 5.82 Å². The first kappa shape index (κ1) is 13.1. The topological polar surface area (TPSA) is 62.4 Å². The van der Waals surface area contributed by atoms with E-state index >= 15 is 0 Å². The van der Waals surface area contributed by atoms with E-state index < -0.39 is 0 Å². The summed E-state index contributed by atoms with van der Waals surface area (Å²) < 4.78 is 13.1. The lowest BCUT2D eigenvalue weighted by Gasteiger charge is -2.12. The molecule has 0 atom stereocenters. The summed E-state index contributed by atoms with van der Waals surface area (Å²) in [6.45, 7) is 0. The zero-order valence-corrected chi connectivity index (χ0v) is 10.7. The third-order valence-corrected chi connectivity index (χ3v) is 3.28. The SMILES string of the molecule is NNC(=NC1CCCC1)Nc1cc(F)ccc1Cl. The number of hydrogen-bond acceptors (Lipinski definition) is 2. The van der Waals surface area contributed by atoms with Gasteiger partial charge in [0.2, 0.25) is 5.96 Å². The van der Waals surface area contributed by atoms with Crippen LogP contribution in [-0.4, -0.2) is 12.0 Å². The molecule has 2 rings (SSSR count). The van der Waals surface area contributed by atoms with Crippen molar-refractivity contribution in [3.8, 4) is 0 Å². The van der Waals surface area contributed by atoms with Crippen LogP contribution in [-0.2, 0) is 0 Å². The summed E-state index contributed by atoms with van der Waals surface area (Å²) in [6, 6.07) is 4.38. The minimum atomic E-state index is -0.362. The van der Waals surface area contributed by atoms with Crippen molar-refractivity contribution < 1.29 is 4.39 Å². The van der Waals surface area contributed by atoms with Crippen LogP contribution < -0.4 is 16.6 Å². The van der Waals surface area contributed by atoms with Crippen molar-refractivity contribution in [1.29, 1.82) is 0 Å². The quantitative estimate of drug-likeness (QED) is 0.335. The second kappa shape index (κ2) is 6.02. The van der Waals surface area contributed by atoms with E-state index in [-0.39, 0.29) is 11.9 Å². The number of hydrazine groups is 1. The van der Waals surface area contributed by atoms with Crippen molar-refractivity contribution in [3.05, 3.63) is 29.0 Å². The Kier molecular flexibility index (Phi) is 4.38. The van der Waals surface area contributed by atoms with E-state index in [0.717, 1.165) is 12.8 Å². The largest absolute Gasteiger partial charge is 0.324 e. The molecule has 98 valence electrons.